The molecule has 0 unspecified atom stereocenters. The molecular weight excluding hydrogens is 691 g/mol. The van der Waals surface area contributed by atoms with E-state index in [1.807, 2.05) is 4.93 Å². The fourth-order valence-corrected chi connectivity index (χ4v) is 14.3. The lowest BCUT2D eigenvalue weighted by molar-refractivity contribution is -0.181. The van der Waals surface area contributed by atoms with Crippen molar-refractivity contribution in [2.75, 3.05) is 4.93 Å². The van der Waals surface area contributed by atoms with Crippen molar-refractivity contribution in [3.05, 3.63) is 0 Å². The van der Waals surface area contributed by atoms with E-state index in [-0.39, 0.29) is 0 Å². The number of halogens is 1. The molecule has 1 heteroatoms. The Kier molecular flexibility index (Phi) is 11.8. The van der Waals surface area contributed by atoms with Gasteiger partial charge in [-0.1, -0.05) is 119 Å². The highest BCUT2D eigenvalue weighted by Gasteiger charge is 2.62. The molecule has 0 heterocycles. The van der Waals surface area contributed by atoms with E-state index >= 15 is 0 Å². The van der Waals surface area contributed by atoms with Crippen LogP contribution in [-0.2, 0) is 0 Å². The summed E-state index contributed by atoms with van der Waals surface area (Å²) in [5.74, 6) is 8.89. The molecule has 0 nitrogen and oxygen atoms in total. The number of fused-ring (bicyclic) bond motifs is 5. The summed E-state index contributed by atoms with van der Waals surface area (Å²) in [4.78, 5) is 1.97. The van der Waals surface area contributed by atoms with Crippen LogP contribution in [0.1, 0.15) is 205 Å². The number of alkyl halides is 1. The Hall–Kier alpha value is 0.730. The maximum absolute atomic E-state index is 2.47. The Bertz CT molecular complexity index is 972. The highest BCUT2D eigenvalue weighted by atomic mass is 127. The van der Waals surface area contributed by atoms with Gasteiger partial charge >= 0.3 is 0 Å². The van der Waals surface area contributed by atoms with E-state index in [4.69, 9.17) is 0 Å². The lowest BCUT2D eigenvalue weighted by atomic mass is 9.37. The van der Waals surface area contributed by atoms with Crippen LogP contribution in [-0.4, -0.2) is 4.93 Å². The van der Waals surface area contributed by atoms with E-state index in [1.54, 1.807) is 32.1 Å². The van der Waals surface area contributed by atoms with Crippen molar-refractivity contribution in [3.63, 3.8) is 0 Å². The molecule has 0 spiro atoms. The molecule has 13 saturated carbocycles. The fourth-order valence-electron chi connectivity index (χ4n) is 14.3. The van der Waals surface area contributed by atoms with Crippen molar-refractivity contribution in [3.8, 4) is 0 Å². The second-order valence-corrected chi connectivity index (χ2v) is 24.0. The SMILES string of the molecule is CC(C)(C)C12CC(C1)C2.CC(C)(C)C12CCC(CC1)CC2.CC(C)(C)C12CCCC(C1)C2.CC(C)(C)C1C2CC3CC(C2)CC1C3.CI. The topological polar surface area (TPSA) is 0 Å². The Morgan fingerprint density at radius 3 is 1.02 bits per heavy atom. The first kappa shape index (κ1) is 39.9. The zero-order chi connectivity index (χ0) is 35.6. The zero-order valence-electron chi connectivity index (χ0n) is 34.9. The molecule has 48 heavy (non-hydrogen) atoms. The Balaban J connectivity index is 0.000000124. The largest absolute Gasteiger partial charge is 0.0901 e. The van der Waals surface area contributed by atoms with Gasteiger partial charge in [0.2, 0.25) is 0 Å². The zero-order valence-corrected chi connectivity index (χ0v) is 37.1. The van der Waals surface area contributed by atoms with Gasteiger partial charge in [0.25, 0.3) is 0 Å². The van der Waals surface area contributed by atoms with Crippen LogP contribution < -0.4 is 0 Å². The summed E-state index contributed by atoms with van der Waals surface area (Å²) in [6.07, 6.45) is 29.2. The van der Waals surface area contributed by atoms with Crippen molar-refractivity contribution in [1.82, 2.24) is 0 Å². The van der Waals surface area contributed by atoms with Crippen molar-refractivity contribution in [1.29, 1.82) is 0 Å². The Morgan fingerprint density at radius 1 is 0.396 bits per heavy atom. The Labute approximate surface area is 316 Å². The third-order valence-corrected chi connectivity index (χ3v) is 17.8. The van der Waals surface area contributed by atoms with Gasteiger partial charge in [-0.3, -0.25) is 0 Å². The first-order valence-electron chi connectivity index (χ1n) is 21.5. The fraction of sp³-hybridized carbons (Fsp3) is 1.00. The highest BCUT2D eigenvalue weighted by Crippen LogP contribution is 2.72. The average molecular weight is 777 g/mol. The predicted molar refractivity (Wildman–Crippen MR) is 221 cm³/mol. The third kappa shape index (κ3) is 7.83. The minimum atomic E-state index is 0.554. The molecule has 280 valence electrons. The molecular formula is C47H85I. The summed E-state index contributed by atoms with van der Waals surface area (Å²) >= 11 is 2.15. The summed E-state index contributed by atoms with van der Waals surface area (Å²) < 4.78 is 0. The van der Waals surface area contributed by atoms with Gasteiger partial charge in [0.05, 0.1) is 0 Å². The van der Waals surface area contributed by atoms with Crippen molar-refractivity contribution >= 4 is 22.6 Å². The van der Waals surface area contributed by atoms with Gasteiger partial charge in [0.15, 0.2) is 0 Å². The summed E-state index contributed by atoms with van der Waals surface area (Å²) in [7, 11) is 0. The maximum atomic E-state index is 2.47. The number of hydrogen-bond acceptors (Lipinski definition) is 0. The molecule has 0 atom stereocenters. The average Bonchev–Trinajstić information content (AvgIpc) is 2.91. The molecule has 13 rings (SSSR count). The van der Waals surface area contributed by atoms with Gasteiger partial charge in [0.1, 0.15) is 0 Å². The van der Waals surface area contributed by atoms with Crippen LogP contribution in [0.5, 0.6) is 0 Å². The molecule has 0 saturated heterocycles. The first-order chi connectivity index (χ1) is 22.1. The Morgan fingerprint density at radius 2 is 0.792 bits per heavy atom. The summed E-state index contributed by atoms with van der Waals surface area (Å²) in [5.41, 5.74) is 4.59. The normalized spacial score (nSPS) is 44.4. The van der Waals surface area contributed by atoms with Crippen LogP contribution >= 0.6 is 22.6 Å². The minimum Gasteiger partial charge on any atom is -0.0901 e. The molecule has 0 aromatic rings. The quantitative estimate of drug-likeness (QED) is 0.170. The molecule has 13 aliphatic carbocycles. The highest BCUT2D eigenvalue weighted by molar-refractivity contribution is 14.1. The maximum Gasteiger partial charge on any atom is -0.0121 e. The van der Waals surface area contributed by atoms with Gasteiger partial charge in [-0.15, -0.1) is 0 Å². The standard InChI is InChI=1S/C14H24.C12H22.C11H20.C9H16.CH3I/c1-14(2,3)13-11-5-9-4-10(7-11)8-12(13)6-9;1-11(2,3)12-7-4-10(5-8-12)6-9-12;1-10(2,3)11-6-4-5-9(7-11)8-11;1-8(2,3)9-4-7(5-9)6-9;1-2/h9-13H,4-8H2,1-3H3;10H,4-9H2,1-3H3;9H,4-8H2,1-3H3;7H,4-6H2,1-3H3;1H3. The smallest absolute Gasteiger partial charge is 0.0121 e. The van der Waals surface area contributed by atoms with Crippen molar-refractivity contribution in [2.45, 2.75) is 205 Å². The molecule has 10 bridgehead atoms. The van der Waals surface area contributed by atoms with Crippen molar-refractivity contribution < 1.29 is 0 Å². The van der Waals surface area contributed by atoms with Crippen LogP contribution in [0.4, 0.5) is 0 Å². The van der Waals surface area contributed by atoms with Gasteiger partial charge in [0, 0.05) is 0 Å². The van der Waals surface area contributed by atoms with Crippen LogP contribution in [0, 0.1) is 85.2 Å². The molecule has 0 aromatic heterocycles. The van der Waals surface area contributed by atoms with E-state index in [2.05, 4.69) is 106 Å². The lowest BCUT2D eigenvalue weighted by Crippen LogP contribution is -2.58. The molecule has 13 aliphatic rings. The molecule has 0 aliphatic heterocycles. The van der Waals surface area contributed by atoms with Crippen LogP contribution in [0.15, 0.2) is 0 Å². The summed E-state index contributed by atoms with van der Waals surface area (Å²) in [5, 5.41) is 0. The molecule has 0 aromatic carbocycles. The van der Waals surface area contributed by atoms with Gasteiger partial charge in [-0.25, -0.2) is 0 Å². The second-order valence-electron chi connectivity index (χ2n) is 24.0. The van der Waals surface area contributed by atoms with Gasteiger partial charge < -0.3 is 0 Å². The monoisotopic (exact) mass is 777 g/mol. The van der Waals surface area contributed by atoms with Crippen LogP contribution in [0.2, 0.25) is 0 Å². The van der Waals surface area contributed by atoms with Crippen LogP contribution in [0.3, 0.4) is 0 Å². The molecule has 0 amide bonds. The minimum absolute atomic E-state index is 0.554. The molecule has 0 radical (unpaired) electrons. The second kappa shape index (κ2) is 14.2. The lowest BCUT2D eigenvalue weighted by Gasteiger charge is -2.68. The molecule has 13 fully saturated rings. The summed E-state index contributed by atoms with van der Waals surface area (Å²) in [6.45, 7) is 29.2. The van der Waals surface area contributed by atoms with Crippen molar-refractivity contribution in [2.24, 2.45) is 85.2 Å². The van der Waals surface area contributed by atoms with E-state index in [0.29, 0.717) is 21.7 Å². The first-order valence-corrected chi connectivity index (χ1v) is 23.7. The third-order valence-electron chi connectivity index (χ3n) is 17.8. The molecule has 0 N–H and O–H groups in total. The number of hydrogen-bond donors (Lipinski definition) is 0. The van der Waals surface area contributed by atoms with Crippen LogP contribution in [0.25, 0.3) is 0 Å². The van der Waals surface area contributed by atoms with E-state index in [0.717, 1.165) is 63.6 Å². The van der Waals surface area contributed by atoms with E-state index in [9.17, 15) is 0 Å². The predicted octanol–water partition coefficient (Wildman–Crippen LogP) is 15.6. The van der Waals surface area contributed by atoms with E-state index in [1.165, 1.54) is 89.9 Å². The van der Waals surface area contributed by atoms with E-state index < -0.39 is 0 Å². The van der Waals surface area contributed by atoms with Gasteiger partial charge in [-0.05, 0) is 199 Å². The van der Waals surface area contributed by atoms with Gasteiger partial charge in [-0.2, -0.15) is 0 Å². The number of rotatable bonds is 0. The summed E-state index contributed by atoms with van der Waals surface area (Å²) in [6, 6.07) is 0.